The van der Waals surface area contributed by atoms with E-state index >= 15 is 0 Å². The highest BCUT2D eigenvalue weighted by atomic mass is 35.5. The monoisotopic (exact) mass is 441 g/mol. The van der Waals surface area contributed by atoms with Crippen molar-refractivity contribution in [2.24, 2.45) is 0 Å². The molecule has 0 amide bonds. The number of nitrogens with zero attached hydrogens (tertiary/aromatic N) is 2. The van der Waals surface area contributed by atoms with Crippen LogP contribution in [0.5, 0.6) is 0 Å². The number of sulfonamides is 1. The number of aromatic amines is 1. The molecule has 4 rings (SSSR count). The van der Waals surface area contributed by atoms with Gasteiger partial charge in [0.05, 0.1) is 10.6 Å². The van der Waals surface area contributed by atoms with Gasteiger partial charge in [0.1, 0.15) is 0 Å². The average Bonchev–Trinajstić information content (AvgIpc) is 3.13. The lowest BCUT2D eigenvalue weighted by Gasteiger charge is -2.20. The van der Waals surface area contributed by atoms with E-state index in [-0.39, 0.29) is 4.90 Å². The van der Waals surface area contributed by atoms with Gasteiger partial charge in [0.15, 0.2) is 0 Å². The lowest BCUT2D eigenvalue weighted by atomic mass is 10.1. The highest BCUT2D eigenvalue weighted by Gasteiger charge is 2.22. The van der Waals surface area contributed by atoms with Crippen molar-refractivity contribution >= 4 is 49.0 Å². The SMILES string of the molecule is CN(C)CCc1c[nH]c2ccc(N(C)S(=O)(=O)c3ccc4c(Cl)cccc4c3)cc12. The molecule has 30 heavy (non-hydrogen) atoms. The minimum atomic E-state index is -3.71. The van der Waals surface area contributed by atoms with Gasteiger partial charge in [-0.3, -0.25) is 4.31 Å². The number of nitrogens with one attached hydrogen (secondary N) is 1. The minimum Gasteiger partial charge on any atom is -0.361 e. The lowest BCUT2D eigenvalue weighted by Crippen LogP contribution is -2.26. The van der Waals surface area contributed by atoms with E-state index in [4.69, 9.17) is 11.6 Å². The summed E-state index contributed by atoms with van der Waals surface area (Å²) in [6.07, 6.45) is 2.89. The van der Waals surface area contributed by atoms with Crippen molar-refractivity contribution in [2.75, 3.05) is 32.0 Å². The Hall–Kier alpha value is -2.54. The number of aromatic nitrogens is 1. The molecule has 3 aromatic carbocycles. The van der Waals surface area contributed by atoms with Gasteiger partial charge in [0.25, 0.3) is 10.0 Å². The van der Waals surface area contributed by atoms with Crippen molar-refractivity contribution in [3.8, 4) is 0 Å². The molecule has 5 nitrogen and oxygen atoms in total. The van der Waals surface area contributed by atoms with Crippen molar-refractivity contribution in [1.29, 1.82) is 0 Å². The van der Waals surface area contributed by atoms with E-state index in [1.54, 1.807) is 31.3 Å². The molecular formula is C23H24ClN3O2S. The molecule has 0 aliphatic rings. The summed E-state index contributed by atoms with van der Waals surface area (Å²) < 4.78 is 28.0. The van der Waals surface area contributed by atoms with Crippen LogP contribution in [0.2, 0.25) is 5.02 Å². The van der Waals surface area contributed by atoms with Gasteiger partial charge < -0.3 is 9.88 Å². The lowest BCUT2D eigenvalue weighted by molar-refractivity contribution is 0.414. The normalized spacial score (nSPS) is 12.2. The highest BCUT2D eigenvalue weighted by Crippen LogP contribution is 2.30. The summed E-state index contributed by atoms with van der Waals surface area (Å²) in [6, 6.07) is 16.2. The second kappa shape index (κ2) is 7.95. The van der Waals surface area contributed by atoms with E-state index in [1.165, 1.54) is 9.87 Å². The summed E-state index contributed by atoms with van der Waals surface area (Å²) in [6.45, 7) is 0.922. The Morgan fingerprint density at radius 1 is 0.967 bits per heavy atom. The third-order valence-electron chi connectivity index (χ3n) is 5.40. The molecule has 0 aliphatic heterocycles. The van der Waals surface area contributed by atoms with Crippen LogP contribution in [0, 0.1) is 0 Å². The topological polar surface area (TPSA) is 56.4 Å². The minimum absolute atomic E-state index is 0.238. The maximum atomic E-state index is 13.3. The van der Waals surface area contributed by atoms with Crippen LogP contribution in [0.15, 0.2) is 65.7 Å². The van der Waals surface area contributed by atoms with E-state index in [2.05, 4.69) is 9.88 Å². The molecule has 0 aliphatic carbocycles. The predicted octanol–water partition coefficient (Wildman–Crippen LogP) is 4.90. The second-order valence-electron chi connectivity index (χ2n) is 7.69. The first kappa shape index (κ1) is 20.7. The first-order valence-electron chi connectivity index (χ1n) is 9.69. The number of halogens is 1. The van der Waals surface area contributed by atoms with Crippen LogP contribution < -0.4 is 4.31 Å². The molecule has 1 N–H and O–H groups in total. The van der Waals surface area contributed by atoms with Gasteiger partial charge in [-0.2, -0.15) is 0 Å². The Bertz CT molecular complexity index is 1330. The third kappa shape index (κ3) is 3.78. The maximum Gasteiger partial charge on any atom is 0.264 e. The van der Waals surface area contributed by atoms with E-state index in [0.717, 1.165) is 34.6 Å². The molecule has 0 saturated heterocycles. The van der Waals surface area contributed by atoms with Crippen LogP contribution in [0.25, 0.3) is 21.7 Å². The van der Waals surface area contributed by atoms with E-state index < -0.39 is 10.0 Å². The van der Waals surface area contributed by atoms with Gasteiger partial charge in [0, 0.05) is 41.1 Å². The molecule has 1 heterocycles. The average molecular weight is 442 g/mol. The summed E-state index contributed by atoms with van der Waals surface area (Å²) in [5.41, 5.74) is 2.80. The summed E-state index contributed by atoms with van der Waals surface area (Å²) in [7, 11) is 1.95. The first-order valence-corrected chi connectivity index (χ1v) is 11.5. The highest BCUT2D eigenvalue weighted by molar-refractivity contribution is 7.92. The van der Waals surface area contributed by atoms with E-state index in [1.807, 2.05) is 50.6 Å². The number of hydrogen-bond donors (Lipinski definition) is 1. The molecule has 0 bridgehead atoms. The molecule has 7 heteroatoms. The number of H-pyrrole nitrogens is 1. The van der Waals surface area contributed by atoms with Crippen molar-refractivity contribution in [3.05, 3.63) is 71.4 Å². The van der Waals surface area contributed by atoms with Crippen molar-refractivity contribution in [1.82, 2.24) is 9.88 Å². The fraction of sp³-hybridized carbons (Fsp3) is 0.217. The van der Waals surface area contributed by atoms with Gasteiger partial charge in [-0.05, 0) is 67.9 Å². The Kier molecular flexibility index (Phi) is 5.49. The molecule has 0 fully saturated rings. The molecule has 156 valence electrons. The maximum absolute atomic E-state index is 13.3. The fourth-order valence-electron chi connectivity index (χ4n) is 3.59. The van der Waals surface area contributed by atoms with Crippen LogP contribution in [-0.4, -0.2) is 46.0 Å². The molecule has 1 aromatic heterocycles. The molecule has 0 radical (unpaired) electrons. The smallest absolute Gasteiger partial charge is 0.264 e. The fourth-order valence-corrected chi connectivity index (χ4v) is 5.06. The summed E-state index contributed by atoms with van der Waals surface area (Å²) in [5.74, 6) is 0. The van der Waals surface area contributed by atoms with Crippen LogP contribution >= 0.6 is 11.6 Å². The van der Waals surface area contributed by atoms with Crippen molar-refractivity contribution in [3.63, 3.8) is 0 Å². The number of likely N-dealkylation sites (N-methyl/N-ethyl adjacent to an activating group) is 1. The van der Waals surface area contributed by atoms with Crippen molar-refractivity contribution < 1.29 is 8.42 Å². The van der Waals surface area contributed by atoms with Gasteiger partial charge in [-0.1, -0.05) is 29.8 Å². The molecule has 0 saturated carbocycles. The van der Waals surface area contributed by atoms with Crippen molar-refractivity contribution in [2.45, 2.75) is 11.3 Å². The van der Waals surface area contributed by atoms with Crippen LogP contribution in [0.3, 0.4) is 0 Å². The summed E-state index contributed by atoms with van der Waals surface area (Å²) in [5, 5.41) is 3.28. The molecule has 0 unspecified atom stereocenters. The number of rotatable bonds is 6. The summed E-state index contributed by atoms with van der Waals surface area (Å²) in [4.78, 5) is 5.64. The van der Waals surface area contributed by atoms with Crippen LogP contribution in [-0.2, 0) is 16.4 Å². The number of fused-ring (bicyclic) bond motifs is 2. The van der Waals surface area contributed by atoms with Gasteiger partial charge in [-0.15, -0.1) is 0 Å². The second-order valence-corrected chi connectivity index (χ2v) is 10.1. The van der Waals surface area contributed by atoms with Crippen LogP contribution in [0.4, 0.5) is 5.69 Å². The van der Waals surface area contributed by atoms with Gasteiger partial charge in [0.2, 0.25) is 0 Å². The Morgan fingerprint density at radius 3 is 2.53 bits per heavy atom. The Balaban J connectivity index is 1.71. The first-order chi connectivity index (χ1) is 14.3. The zero-order chi connectivity index (χ0) is 21.5. The third-order valence-corrected chi connectivity index (χ3v) is 7.51. The zero-order valence-electron chi connectivity index (χ0n) is 17.2. The van der Waals surface area contributed by atoms with E-state index in [9.17, 15) is 8.42 Å². The quantitative estimate of drug-likeness (QED) is 0.462. The molecule has 0 atom stereocenters. The van der Waals surface area contributed by atoms with E-state index in [0.29, 0.717) is 10.7 Å². The summed E-state index contributed by atoms with van der Waals surface area (Å²) >= 11 is 6.22. The zero-order valence-corrected chi connectivity index (χ0v) is 18.8. The Morgan fingerprint density at radius 2 is 1.77 bits per heavy atom. The molecular weight excluding hydrogens is 418 g/mol. The standard InChI is InChI=1S/C23H24ClN3O2S/c1-26(2)12-11-17-15-25-23-10-7-18(14-21(17)23)27(3)30(28,29)19-8-9-20-16(13-19)5-4-6-22(20)24/h4-10,13-15,25H,11-12H2,1-3H3. The number of anilines is 1. The van der Waals surface area contributed by atoms with Crippen LogP contribution in [0.1, 0.15) is 5.56 Å². The molecule has 4 aromatic rings. The number of hydrogen-bond acceptors (Lipinski definition) is 3. The van der Waals surface area contributed by atoms with Gasteiger partial charge in [-0.25, -0.2) is 8.42 Å². The Labute approximate surface area is 181 Å². The number of benzene rings is 3. The van der Waals surface area contributed by atoms with Gasteiger partial charge >= 0.3 is 0 Å². The molecule has 0 spiro atoms. The largest absolute Gasteiger partial charge is 0.361 e. The predicted molar refractivity (Wildman–Crippen MR) is 125 cm³/mol.